The number of amides is 1. The van der Waals surface area contributed by atoms with Crippen LogP contribution in [0, 0.1) is 0 Å². The molecule has 0 unspecified atom stereocenters. The van der Waals surface area contributed by atoms with E-state index in [1.165, 1.54) is 0 Å². The number of hydrogen-bond acceptors (Lipinski definition) is 3. The molecule has 0 saturated heterocycles. The first kappa shape index (κ1) is 17.3. The number of nitrogens with one attached hydrogen (secondary N) is 1. The Balaban J connectivity index is 1.37. The Labute approximate surface area is 161 Å². The van der Waals surface area contributed by atoms with Crippen molar-refractivity contribution in [3.8, 4) is 0 Å². The van der Waals surface area contributed by atoms with Crippen molar-refractivity contribution < 1.29 is 4.79 Å². The fourth-order valence-corrected chi connectivity index (χ4v) is 3.19. The maximum Gasteiger partial charge on any atom is 0.226 e. The second kappa shape index (κ2) is 7.63. The average Bonchev–Trinajstić information content (AvgIpc) is 3.29. The Kier molecular flexibility index (Phi) is 4.89. The van der Waals surface area contributed by atoms with Crippen LogP contribution in [0.3, 0.4) is 0 Å². The zero-order valence-corrected chi connectivity index (χ0v) is 15.3. The molecule has 4 aromatic rings. The highest BCUT2D eigenvalue weighted by atomic mass is 35.5. The predicted molar refractivity (Wildman–Crippen MR) is 106 cm³/mol. The van der Waals surface area contributed by atoms with Crippen molar-refractivity contribution in [2.75, 3.05) is 5.32 Å². The number of carbonyl (C=O) groups excluding carboxylic acids is 1. The van der Waals surface area contributed by atoms with Gasteiger partial charge in [-0.1, -0.05) is 23.7 Å². The second-order valence-corrected chi connectivity index (χ2v) is 6.74. The van der Waals surface area contributed by atoms with Crippen molar-refractivity contribution in [3.63, 3.8) is 0 Å². The van der Waals surface area contributed by atoms with Crippen LogP contribution < -0.4 is 5.32 Å². The third-order valence-electron chi connectivity index (χ3n) is 4.29. The molecule has 1 N–H and O–H groups in total. The minimum atomic E-state index is -0.0487. The molecule has 0 aliphatic heterocycles. The Bertz CT molecular complexity index is 1070. The minimum Gasteiger partial charge on any atom is -0.333 e. The van der Waals surface area contributed by atoms with E-state index in [1.807, 2.05) is 57.9 Å². The maximum absolute atomic E-state index is 12.3. The molecule has 0 radical (unpaired) electrons. The largest absolute Gasteiger partial charge is 0.333 e. The smallest absolute Gasteiger partial charge is 0.226 e. The van der Waals surface area contributed by atoms with E-state index in [0.29, 0.717) is 24.5 Å². The van der Waals surface area contributed by atoms with Crippen LogP contribution in [-0.4, -0.2) is 25.2 Å². The minimum absolute atomic E-state index is 0.0487. The number of nitrogens with zero attached hydrogens (tertiary/aromatic N) is 4. The zero-order valence-electron chi connectivity index (χ0n) is 14.5. The molecule has 0 fully saturated rings. The molecule has 0 spiro atoms. The molecule has 2 heterocycles. The highest BCUT2D eigenvalue weighted by Crippen LogP contribution is 2.19. The maximum atomic E-state index is 12.3. The van der Waals surface area contributed by atoms with E-state index in [2.05, 4.69) is 15.4 Å². The number of fused-ring (bicyclic) bond motifs is 1. The van der Waals surface area contributed by atoms with Gasteiger partial charge >= 0.3 is 0 Å². The normalized spacial score (nSPS) is 11.0. The van der Waals surface area contributed by atoms with Crippen LogP contribution in [0.1, 0.15) is 12.0 Å². The van der Waals surface area contributed by atoms with Gasteiger partial charge in [-0.05, 0) is 35.9 Å². The van der Waals surface area contributed by atoms with Crippen molar-refractivity contribution in [1.82, 2.24) is 19.3 Å². The molecule has 1 amide bonds. The predicted octanol–water partition coefficient (Wildman–Crippen LogP) is 3.96. The van der Waals surface area contributed by atoms with E-state index in [-0.39, 0.29) is 5.91 Å². The van der Waals surface area contributed by atoms with Crippen molar-refractivity contribution >= 4 is 34.1 Å². The zero-order chi connectivity index (χ0) is 18.6. The molecule has 0 atom stereocenters. The Morgan fingerprint density at radius 3 is 2.96 bits per heavy atom. The number of aromatic nitrogens is 4. The molecule has 6 nitrogen and oxygen atoms in total. The average molecular weight is 380 g/mol. The summed E-state index contributed by atoms with van der Waals surface area (Å²) in [6, 6.07) is 13.4. The first-order chi connectivity index (χ1) is 13.2. The molecule has 0 saturated carbocycles. The van der Waals surface area contributed by atoms with E-state index in [1.54, 1.807) is 18.7 Å². The summed E-state index contributed by atoms with van der Waals surface area (Å²) in [6.07, 6.45) is 7.53. The van der Waals surface area contributed by atoms with Gasteiger partial charge in [-0.25, -0.2) is 4.98 Å². The molecule has 0 bridgehead atoms. The van der Waals surface area contributed by atoms with Gasteiger partial charge in [-0.2, -0.15) is 5.10 Å². The first-order valence-corrected chi connectivity index (χ1v) is 9.01. The van der Waals surface area contributed by atoms with Gasteiger partial charge in [0.05, 0.1) is 24.6 Å². The molecule has 4 rings (SSSR count). The number of anilines is 1. The molecule has 0 aliphatic carbocycles. The molecule has 0 aliphatic rings. The van der Waals surface area contributed by atoms with Gasteiger partial charge in [0.1, 0.15) is 0 Å². The summed E-state index contributed by atoms with van der Waals surface area (Å²) in [6.45, 7) is 1.22. The van der Waals surface area contributed by atoms with Crippen molar-refractivity contribution in [2.24, 2.45) is 0 Å². The van der Waals surface area contributed by atoms with Gasteiger partial charge in [-0.15, -0.1) is 0 Å². The lowest BCUT2D eigenvalue weighted by atomic mass is 10.2. The topological polar surface area (TPSA) is 64.7 Å². The van der Waals surface area contributed by atoms with Crippen LogP contribution in [0.25, 0.3) is 10.9 Å². The fraction of sp³-hybridized carbons (Fsp3) is 0.150. The van der Waals surface area contributed by atoms with Crippen LogP contribution in [0.4, 0.5) is 5.69 Å². The lowest BCUT2D eigenvalue weighted by Gasteiger charge is -2.09. The van der Waals surface area contributed by atoms with Crippen LogP contribution >= 0.6 is 11.6 Å². The second-order valence-electron chi connectivity index (χ2n) is 6.30. The van der Waals surface area contributed by atoms with E-state index in [9.17, 15) is 4.79 Å². The monoisotopic (exact) mass is 379 g/mol. The highest BCUT2D eigenvalue weighted by Gasteiger charge is 2.07. The van der Waals surface area contributed by atoms with Crippen molar-refractivity contribution in [2.45, 2.75) is 19.5 Å². The van der Waals surface area contributed by atoms with Crippen LogP contribution in [-0.2, 0) is 17.9 Å². The molecule has 7 heteroatoms. The summed E-state index contributed by atoms with van der Waals surface area (Å²) >= 11 is 6.00. The van der Waals surface area contributed by atoms with Crippen molar-refractivity contribution in [3.05, 3.63) is 78.0 Å². The number of rotatable bonds is 6. The third-order valence-corrected chi connectivity index (χ3v) is 4.52. The SMILES string of the molecule is O=C(CCn1ncc2cc(Cl)ccc21)Nc1cccc(Cn2ccnc2)c1. The summed E-state index contributed by atoms with van der Waals surface area (Å²) in [7, 11) is 0. The summed E-state index contributed by atoms with van der Waals surface area (Å²) in [5.41, 5.74) is 2.85. The summed E-state index contributed by atoms with van der Waals surface area (Å²) in [5.74, 6) is -0.0487. The number of aryl methyl sites for hydroxylation is 1. The standard InChI is InChI=1S/C20H18ClN5O/c21-17-4-5-19-16(11-17)12-23-26(19)8-6-20(27)24-18-3-1-2-15(10-18)13-25-9-7-22-14-25/h1-5,7,9-12,14H,6,8,13H2,(H,24,27). The van der Waals surface area contributed by atoms with Crippen molar-refractivity contribution in [1.29, 1.82) is 0 Å². The number of hydrogen-bond donors (Lipinski definition) is 1. The fourth-order valence-electron chi connectivity index (χ4n) is 3.01. The molecular weight excluding hydrogens is 362 g/mol. The quantitative estimate of drug-likeness (QED) is 0.551. The highest BCUT2D eigenvalue weighted by molar-refractivity contribution is 6.31. The number of carbonyl (C=O) groups is 1. The van der Waals surface area contributed by atoms with Gasteiger partial charge in [-0.3, -0.25) is 9.48 Å². The van der Waals surface area contributed by atoms with E-state index < -0.39 is 0 Å². The van der Waals surface area contributed by atoms with Gasteiger partial charge in [0.25, 0.3) is 0 Å². The Hall–Kier alpha value is -3.12. The summed E-state index contributed by atoms with van der Waals surface area (Å²) < 4.78 is 3.80. The Morgan fingerprint density at radius 1 is 1.19 bits per heavy atom. The molecule has 27 heavy (non-hydrogen) atoms. The van der Waals surface area contributed by atoms with Crippen LogP contribution in [0.15, 0.2) is 67.4 Å². The summed E-state index contributed by atoms with van der Waals surface area (Å²) in [4.78, 5) is 16.4. The van der Waals surface area contributed by atoms with E-state index >= 15 is 0 Å². The van der Waals surface area contributed by atoms with Crippen LogP contribution in [0.2, 0.25) is 5.02 Å². The van der Waals surface area contributed by atoms with E-state index in [4.69, 9.17) is 11.6 Å². The Morgan fingerprint density at radius 2 is 2.11 bits per heavy atom. The lowest BCUT2D eigenvalue weighted by molar-refractivity contribution is -0.116. The number of benzene rings is 2. The number of imidazole rings is 1. The lowest BCUT2D eigenvalue weighted by Crippen LogP contribution is -2.15. The van der Waals surface area contributed by atoms with Gasteiger partial charge in [0.2, 0.25) is 5.91 Å². The van der Waals surface area contributed by atoms with Gasteiger partial charge < -0.3 is 9.88 Å². The van der Waals surface area contributed by atoms with Gasteiger partial charge in [0, 0.05) is 41.5 Å². The number of halogens is 1. The third kappa shape index (κ3) is 4.17. The van der Waals surface area contributed by atoms with E-state index in [0.717, 1.165) is 22.2 Å². The van der Waals surface area contributed by atoms with Crippen LogP contribution in [0.5, 0.6) is 0 Å². The van der Waals surface area contributed by atoms with Gasteiger partial charge in [0.15, 0.2) is 0 Å². The summed E-state index contributed by atoms with van der Waals surface area (Å²) in [5, 5.41) is 8.94. The molecule has 2 aromatic carbocycles. The molecular formula is C20H18ClN5O. The molecule has 136 valence electrons. The first-order valence-electron chi connectivity index (χ1n) is 8.63. The molecule has 2 aromatic heterocycles.